The summed E-state index contributed by atoms with van der Waals surface area (Å²) in [5.41, 5.74) is 1.71. The van der Waals surface area contributed by atoms with Crippen molar-refractivity contribution in [2.75, 3.05) is 36.8 Å². The first-order chi connectivity index (χ1) is 17.2. The minimum Gasteiger partial charge on any atom is -0.355 e. The molecule has 1 fully saturated rings. The number of piperazine rings is 1. The van der Waals surface area contributed by atoms with Gasteiger partial charge >= 0.3 is 0 Å². The number of amides is 1. The molecule has 12 heteroatoms. The minimum atomic E-state index is -1.25. The summed E-state index contributed by atoms with van der Waals surface area (Å²) in [5, 5.41) is 20.7. The zero-order valence-corrected chi connectivity index (χ0v) is 20.3. The number of carbonyl (C=O) groups is 1. The zero-order chi connectivity index (χ0) is 25.7. The van der Waals surface area contributed by atoms with E-state index in [-0.39, 0.29) is 30.2 Å². The number of halogens is 4. The smallest absolute Gasteiger partial charge is 0.283 e. The number of nitrogens with zero attached hydrogens (tertiary/aromatic N) is 5. The van der Waals surface area contributed by atoms with Crippen LogP contribution in [-0.2, 0) is 4.79 Å². The number of thioether (sulfide) groups is 1. The van der Waals surface area contributed by atoms with E-state index in [0.29, 0.717) is 39.8 Å². The van der Waals surface area contributed by atoms with Gasteiger partial charge in [0, 0.05) is 53.0 Å². The van der Waals surface area contributed by atoms with Crippen molar-refractivity contribution in [1.82, 2.24) is 9.80 Å². The van der Waals surface area contributed by atoms with Crippen LogP contribution < -0.4 is 4.90 Å². The molecule has 1 N–H and O–H groups in total. The van der Waals surface area contributed by atoms with Crippen LogP contribution in [-0.4, -0.2) is 71.0 Å². The van der Waals surface area contributed by atoms with Crippen molar-refractivity contribution in [2.24, 2.45) is 4.99 Å². The average Bonchev–Trinajstić information content (AvgIpc) is 2.86. The molecule has 5 rings (SSSR count). The second-order valence-electron chi connectivity index (χ2n) is 8.42. The molecule has 0 aliphatic carbocycles. The highest BCUT2D eigenvalue weighted by atomic mass is 35.5. The SMILES string of the molecule is C=C(F)C(=O)N1CCN(C2=NC(O)N3CCSc4c(-c5ccc(F)cc5F)c(Cl)cc2c43)C[C@H]1C#N. The van der Waals surface area contributed by atoms with E-state index in [1.807, 2.05) is 6.07 Å². The van der Waals surface area contributed by atoms with Gasteiger partial charge in [0.15, 0.2) is 5.83 Å². The molecule has 3 aliphatic heterocycles. The number of aliphatic imine (C=N–C) groups is 1. The number of hydrogen-bond donors (Lipinski definition) is 1. The normalized spacial score (nSPS) is 21.0. The summed E-state index contributed by atoms with van der Waals surface area (Å²) in [6.07, 6.45) is -1.25. The maximum Gasteiger partial charge on any atom is 0.283 e. The molecule has 2 aromatic rings. The molecule has 0 bridgehead atoms. The number of nitriles is 1. The van der Waals surface area contributed by atoms with Gasteiger partial charge in [-0.1, -0.05) is 18.2 Å². The van der Waals surface area contributed by atoms with E-state index in [9.17, 15) is 28.3 Å². The summed E-state index contributed by atoms with van der Waals surface area (Å²) >= 11 is 8.11. The van der Waals surface area contributed by atoms with E-state index in [1.165, 1.54) is 17.8 Å². The van der Waals surface area contributed by atoms with Crippen molar-refractivity contribution in [3.8, 4) is 17.2 Å². The van der Waals surface area contributed by atoms with Crippen molar-refractivity contribution in [3.05, 3.63) is 58.9 Å². The van der Waals surface area contributed by atoms with Crippen LogP contribution in [0, 0.1) is 23.0 Å². The average molecular weight is 534 g/mol. The molecule has 3 aliphatic rings. The highest BCUT2D eigenvalue weighted by molar-refractivity contribution is 7.99. The van der Waals surface area contributed by atoms with Crippen molar-refractivity contribution >= 4 is 40.8 Å². The lowest BCUT2D eigenvalue weighted by molar-refractivity contribution is -0.131. The van der Waals surface area contributed by atoms with Gasteiger partial charge in [0.1, 0.15) is 23.5 Å². The second-order valence-corrected chi connectivity index (χ2v) is 9.93. The fourth-order valence-electron chi connectivity index (χ4n) is 4.73. The van der Waals surface area contributed by atoms with E-state index in [1.54, 1.807) is 15.9 Å². The molecule has 2 aromatic carbocycles. The summed E-state index contributed by atoms with van der Waals surface area (Å²) in [5.74, 6) is -2.62. The predicted octanol–water partition coefficient (Wildman–Crippen LogP) is 3.75. The summed E-state index contributed by atoms with van der Waals surface area (Å²) < 4.78 is 41.8. The number of hydrogen-bond acceptors (Lipinski definition) is 7. The summed E-state index contributed by atoms with van der Waals surface area (Å²) in [6.45, 7) is 3.78. The predicted molar refractivity (Wildman–Crippen MR) is 130 cm³/mol. The Morgan fingerprint density at radius 3 is 2.72 bits per heavy atom. The number of anilines is 1. The fraction of sp³-hybridized carbons (Fsp3) is 0.292. The van der Waals surface area contributed by atoms with E-state index in [0.717, 1.165) is 17.0 Å². The van der Waals surface area contributed by atoms with Crippen LogP contribution in [0.3, 0.4) is 0 Å². The van der Waals surface area contributed by atoms with E-state index >= 15 is 0 Å². The van der Waals surface area contributed by atoms with Gasteiger partial charge in [0.2, 0.25) is 6.35 Å². The Bertz CT molecular complexity index is 1360. The quantitative estimate of drug-likeness (QED) is 0.592. The molecule has 0 aromatic heterocycles. The second kappa shape index (κ2) is 9.35. The maximum atomic E-state index is 14.8. The monoisotopic (exact) mass is 533 g/mol. The molecule has 1 unspecified atom stereocenters. The van der Waals surface area contributed by atoms with Crippen LogP contribution in [0.5, 0.6) is 0 Å². The standard InChI is InChI=1S/C24H19ClF3N5O2S/c1-12(26)23(34)32-5-4-31(11-14(32)10-29)22-16-9-17(25)19(15-3-2-13(27)8-18(15)28)21-20(16)33(6-7-36-21)24(35)30-22/h2-3,8-9,14,24,35H,1,4-7,11H2/t14-,24?/m1/s1. The molecule has 2 atom stereocenters. The first-order valence-electron chi connectivity index (χ1n) is 11.0. The molecular formula is C24H19ClF3N5O2S. The molecule has 3 heterocycles. The topological polar surface area (TPSA) is 83.2 Å². The fourth-order valence-corrected chi connectivity index (χ4v) is 6.31. The molecule has 36 heavy (non-hydrogen) atoms. The van der Waals surface area contributed by atoms with Gasteiger partial charge in [-0.2, -0.15) is 5.26 Å². The number of benzene rings is 2. The van der Waals surface area contributed by atoms with Crippen molar-refractivity contribution in [2.45, 2.75) is 17.3 Å². The number of aliphatic hydroxyl groups is 1. The molecule has 0 spiro atoms. The molecule has 0 radical (unpaired) electrons. The number of amidine groups is 1. The van der Waals surface area contributed by atoms with Gasteiger partial charge in [-0.3, -0.25) is 4.79 Å². The Morgan fingerprint density at radius 2 is 2.03 bits per heavy atom. The molecular weight excluding hydrogens is 515 g/mol. The van der Waals surface area contributed by atoms with Gasteiger partial charge < -0.3 is 19.8 Å². The molecule has 0 saturated carbocycles. The Hall–Kier alpha value is -3.20. The summed E-state index contributed by atoms with van der Waals surface area (Å²) in [6, 6.07) is 5.94. The van der Waals surface area contributed by atoms with Crippen molar-refractivity contribution < 1.29 is 23.1 Å². The molecule has 1 amide bonds. The summed E-state index contributed by atoms with van der Waals surface area (Å²) in [4.78, 5) is 21.7. The number of aliphatic hydroxyl groups excluding tert-OH is 1. The third-order valence-corrected chi connectivity index (χ3v) is 7.72. The van der Waals surface area contributed by atoms with Gasteiger partial charge in [-0.15, -0.1) is 11.8 Å². The largest absolute Gasteiger partial charge is 0.355 e. The van der Waals surface area contributed by atoms with Gasteiger partial charge in [-0.25, -0.2) is 18.2 Å². The van der Waals surface area contributed by atoms with Crippen LogP contribution in [0.15, 0.2) is 46.6 Å². The number of rotatable bonds is 2. The van der Waals surface area contributed by atoms with Crippen LogP contribution in [0.1, 0.15) is 5.56 Å². The van der Waals surface area contributed by atoms with Gasteiger partial charge in [0.25, 0.3) is 5.91 Å². The highest BCUT2D eigenvalue weighted by Crippen LogP contribution is 2.50. The van der Waals surface area contributed by atoms with Crippen LogP contribution in [0.4, 0.5) is 18.9 Å². The third-order valence-electron chi connectivity index (χ3n) is 6.35. The lowest BCUT2D eigenvalue weighted by atomic mass is 9.98. The van der Waals surface area contributed by atoms with E-state index in [2.05, 4.69) is 11.6 Å². The Labute approximate surface area is 214 Å². The molecule has 1 saturated heterocycles. The number of carbonyl (C=O) groups excluding carboxylic acids is 1. The maximum absolute atomic E-state index is 14.8. The lowest BCUT2D eigenvalue weighted by Crippen LogP contribution is -2.57. The Morgan fingerprint density at radius 1 is 1.25 bits per heavy atom. The van der Waals surface area contributed by atoms with E-state index < -0.39 is 35.8 Å². The minimum absolute atomic E-state index is 0.0228. The molecule has 7 nitrogen and oxygen atoms in total. The van der Waals surface area contributed by atoms with Crippen LogP contribution >= 0.6 is 23.4 Å². The van der Waals surface area contributed by atoms with Crippen molar-refractivity contribution in [1.29, 1.82) is 5.26 Å². The third kappa shape index (κ3) is 3.99. The van der Waals surface area contributed by atoms with Crippen molar-refractivity contribution in [3.63, 3.8) is 0 Å². The molecule has 186 valence electrons. The first kappa shape index (κ1) is 24.5. The van der Waals surface area contributed by atoms with Crippen LogP contribution in [0.2, 0.25) is 5.02 Å². The zero-order valence-electron chi connectivity index (χ0n) is 18.7. The first-order valence-corrected chi connectivity index (χ1v) is 12.3. The Kier molecular flexibility index (Phi) is 6.36. The van der Waals surface area contributed by atoms with E-state index in [4.69, 9.17) is 11.6 Å². The van der Waals surface area contributed by atoms with Gasteiger partial charge in [-0.05, 0) is 18.2 Å². The lowest BCUT2D eigenvalue weighted by Gasteiger charge is -2.44. The summed E-state index contributed by atoms with van der Waals surface area (Å²) in [7, 11) is 0. The highest BCUT2D eigenvalue weighted by Gasteiger charge is 2.39. The van der Waals surface area contributed by atoms with Crippen LogP contribution in [0.25, 0.3) is 11.1 Å². The van der Waals surface area contributed by atoms with Gasteiger partial charge in [0.05, 0.1) is 23.3 Å². The Balaban J connectivity index is 1.59.